The van der Waals surface area contributed by atoms with Crippen LogP contribution in [0, 0.1) is 5.92 Å². The van der Waals surface area contributed by atoms with Crippen LogP contribution < -0.4 is 10.1 Å². The van der Waals surface area contributed by atoms with Crippen LogP contribution in [0.25, 0.3) is 11.3 Å². The molecule has 34 heavy (non-hydrogen) atoms. The summed E-state index contributed by atoms with van der Waals surface area (Å²) >= 11 is 0. The molecule has 1 amide bonds. The number of aromatic nitrogens is 2. The van der Waals surface area contributed by atoms with Crippen molar-refractivity contribution in [2.45, 2.75) is 31.4 Å². The highest BCUT2D eigenvalue weighted by Gasteiger charge is 2.28. The summed E-state index contributed by atoms with van der Waals surface area (Å²) in [6.45, 7) is 7.40. The van der Waals surface area contributed by atoms with Gasteiger partial charge in [-0.15, -0.1) is 0 Å². The Kier molecular flexibility index (Phi) is 7.04. The van der Waals surface area contributed by atoms with E-state index in [9.17, 15) is 13.2 Å². The Labute approximate surface area is 200 Å². The molecule has 0 saturated carbocycles. The van der Waals surface area contributed by atoms with Crippen LogP contribution >= 0.6 is 0 Å². The van der Waals surface area contributed by atoms with Gasteiger partial charge in [-0.2, -0.15) is 0 Å². The molecule has 0 spiro atoms. The van der Waals surface area contributed by atoms with E-state index < -0.39 is 9.84 Å². The molecule has 2 aromatic carbocycles. The molecule has 1 fully saturated rings. The Balaban J connectivity index is 1.28. The lowest BCUT2D eigenvalue weighted by Gasteiger charge is -2.42. The molecule has 4 rings (SSSR count). The maximum Gasteiger partial charge on any atom is 0.326 e. The second kappa shape index (κ2) is 9.99. The van der Waals surface area contributed by atoms with Gasteiger partial charge in [0.25, 0.3) is 0 Å². The molecule has 1 aliphatic heterocycles. The van der Waals surface area contributed by atoms with Crippen LogP contribution in [0.15, 0.2) is 66.0 Å². The largest absolute Gasteiger partial charge is 0.489 e. The van der Waals surface area contributed by atoms with Crippen LogP contribution in [0.4, 0.5) is 4.79 Å². The number of hydrogen-bond acceptors (Lipinski definition) is 6. The van der Waals surface area contributed by atoms with Crippen LogP contribution in [-0.4, -0.2) is 60.8 Å². The zero-order valence-electron chi connectivity index (χ0n) is 19.6. The molecule has 0 unspecified atom stereocenters. The van der Waals surface area contributed by atoms with Gasteiger partial charge in [-0.1, -0.05) is 12.1 Å². The standard InChI is InChI=1S/C25H30N4O4S/c1-18(2)28-13-20(14-28)12-26-25(30)29-15-24(27-17-29)21-6-8-22(9-7-21)33-16-19-4-10-23(11-5-19)34(3,31)32/h4-11,15,17-18,20H,12-14,16H2,1-3H3,(H,26,30). The lowest BCUT2D eigenvalue weighted by Crippen LogP contribution is -2.54. The summed E-state index contributed by atoms with van der Waals surface area (Å²) in [4.78, 5) is 19.5. The van der Waals surface area contributed by atoms with E-state index in [1.807, 2.05) is 24.3 Å². The maximum absolute atomic E-state index is 12.4. The highest BCUT2D eigenvalue weighted by molar-refractivity contribution is 7.90. The van der Waals surface area contributed by atoms with Crippen molar-refractivity contribution >= 4 is 15.9 Å². The van der Waals surface area contributed by atoms with Crippen LogP contribution in [0.3, 0.4) is 0 Å². The van der Waals surface area contributed by atoms with Gasteiger partial charge in [-0.25, -0.2) is 18.2 Å². The number of carbonyl (C=O) groups excluding carboxylic acids is 1. The molecule has 1 saturated heterocycles. The first-order valence-corrected chi connectivity index (χ1v) is 13.2. The number of ether oxygens (including phenoxy) is 1. The van der Waals surface area contributed by atoms with Crippen molar-refractivity contribution in [3.8, 4) is 17.0 Å². The molecule has 1 aromatic heterocycles. The van der Waals surface area contributed by atoms with Crippen molar-refractivity contribution in [1.29, 1.82) is 0 Å². The molecule has 1 aliphatic rings. The Hall–Kier alpha value is -3.17. The average Bonchev–Trinajstić information content (AvgIpc) is 3.27. The highest BCUT2D eigenvalue weighted by atomic mass is 32.2. The minimum absolute atomic E-state index is 0.177. The van der Waals surface area contributed by atoms with Crippen molar-refractivity contribution in [3.05, 3.63) is 66.6 Å². The average molecular weight is 483 g/mol. The Morgan fingerprint density at radius 1 is 1.12 bits per heavy atom. The number of nitrogens with zero attached hydrogens (tertiary/aromatic N) is 3. The molecule has 1 N–H and O–H groups in total. The van der Waals surface area contributed by atoms with Crippen molar-refractivity contribution in [3.63, 3.8) is 0 Å². The van der Waals surface area contributed by atoms with Gasteiger partial charge in [0.15, 0.2) is 9.84 Å². The monoisotopic (exact) mass is 482 g/mol. The Bertz CT molecular complexity index is 1230. The minimum atomic E-state index is -3.21. The lowest BCUT2D eigenvalue weighted by atomic mass is 9.98. The number of hydrogen-bond donors (Lipinski definition) is 1. The molecule has 3 aromatic rings. The van der Waals surface area contributed by atoms with Crippen molar-refractivity contribution in [1.82, 2.24) is 19.8 Å². The van der Waals surface area contributed by atoms with Gasteiger partial charge in [-0.3, -0.25) is 4.57 Å². The van der Waals surface area contributed by atoms with Crippen molar-refractivity contribution in [2.24, 2.45) is 5.92 Å². The number of sulfone groups is 1. The van der Waals surface area contributed by atoms with Gasteiger partial charge in [0.1, 0.15) is 18.7 Å². The smallest absolute Gasteiger partial charge is 0.326 e. The van der Waals surface area contributed by atoms with Crippen LogP contribution in [0.2, 0.25) is 0 Å². The SMILES string of the molecule is CC(C)N1CC(CNC(=O)n2cnc(-c3ccc(OCc4ccc(S(C)(=O)=O)cc4)cc3)c2)C1. The van der Waals surface area contributed by atoms with E-state index in [1.165, 1.54) is 17.2 Å². The van der Waals surface area contributed by atoms with Gasteiger partial charge in [0.2, 0.25) is 0 Å². The number of imidazole rings is 1. The van der Waals surface area contributed by atoms with Gasteiger partial charge in [0, 0.05) is 49.6 Å². The topological polar surface area (TPSA) is 93.5 Å². The third-order valence-electron chi connectivity index (χ3n) is 5.98. The van der Waals surface area contributed by atoms with E-state index in [4.69, 9.17) is 4.74 Å². The molecule has 0 atom stereocenters. The fourth-order valence-electron chi connectivity index (χ4n) is 3.79. The third-order valence-corrected chi connectivity index (χ3v) is 7.11. The van der Waals surface area contributed by atoms with E-state index in [1.54, 1.807) is 30.5 Å². The molecule has 9 heteroatoms. The number of nitrogens with one attached hydrogen (secondary N) is 1. The fourth-order valence-corrected chi connectivity index (χ4v) is 4.42. The minimum Gasteiger partial charge on any atom is -0.489 e. The number of likely N-dealkylation sites (tertiary alicyclic amines) is 1. The van der Waals surface area contributed by atoms with Gasteiger partial charge < -0.3 is 15.0 Å². The van der Waals surface area contributed by atoms with E-state index >= 15 is 0 Å². The predicted molar refractivity (Wildman–Crippen MR) is 131 cm³/mol. The molecule has 0 aliphatic carbocycles. The molecule has 0 bridgehead atoms. The Morgan fingerprint density at radius 2 is 1.79 bits per heavy atom. The highest BCUT2D eigenvalue weighted by Crippen LogP contribution is 2.22. The summed E-state index contributed by atoms with van der Waals surface area (Å²) in [6.07, 6.45) is 4.43. The molecule has 8 nitrogen and oxygen atoms in total. The van der Waals surface area contributed by atoms with Crippen LogP contribution in [-0.2, 0) is 16.4 Å². The zero-order chi connectivity index (χ0) is 24.3. The summed E-state index contributed by atoms with van der Waals surface area (Å²) in [5.74, 6) is 1.18. The second-order valence-electron chi connectivity index (χ2n) is 9.00. The Morgan fingerprint density at radius 3 is 2.41 bits per heavy atom. The van der Waals surface area contributed by atoms with E-state index in [0.29, 0.717) is 36.6 Å². The zero-order valence-corrected chi connectivity index (χ0v) is 20.5. The fraction of sp³-hybridized carbons (Fsp3) is 0.360. The van der Waals surface area contributed by atoms with E-state index in [2.05, 4.69) is 29.0 Å². The van der Waals surface area contributed by atoms with Gasteiger partial charge in [-0.05, 0) is 55.8 Å². The number of rotatable bonds is 8. The number of benzene rings is 2. The molecule has 180 valence electrons. The maximum atomic E-state index is 12.4. The number of amides is 1. The first-order valence-electron chi connectivity index (χ1n) is 11.3. The summed E-state index contributed by atoms with van der Waals surface area (Å²) in [6, 6.07) is 14.5. The van der Waals surface area contributed by atoms with Gasteiger partial charge in [0.05, 0.1) is 10.6 Å². The van der Waals surface area contributed by atoms with Crippen LogP contribution in [0.1, 0.15) is 19.4 Å². The van der Waals surface area contributed by atoms with E-state index in [0.717, 1.165) is 24.2 Å². The quantitative estimate of drug-likeness (QED) is 0.529. The number of carbonyl (C=O) groups is 1. The first kappa shape index (κ1) is 24.0. The third kappa shape index (κ3) is 5.84. The molecule has 0 radical (unpaired) electrons. The molecular formula is C25H30N4O4S. The summed E-state index contributed by atoms with van der Waals surface area (Å²) in [5, 5.41) is 2.98. The predicted octanol–water partition coefficient (Wildman–Crippen LogP) is 3.43. The summed E-state index contributed by atoms with van der Waals surface area (Å²) < 4.78 is 30.4. The van der Waals surface area contributed by atoms with Crippen molar-refractivity contribution < 1.29 is 17.9 Å². The summed E-state index contributed by atoms with van der Waals surface area (Å²) in [5.41, 5.74) is 2.45. The van der Waals surface area contributed by atoms with Crippen LogP contribution in [0.5, 0.6) is 5.75 Å². The normalized spacial score (nSPS) is 14.7. The second-order valence-corrected chi connectivity index (χ2v) is 11.0. The molecular weight excluding hydrogens is 452 g/mol. The first-order chi connectivity index (χ1) is 16.2. The van der Waals surface area contributed by atoms with E-state index in [-0.39, 0.29) is 10.9 Å². The van der Waals surface area contributed by atoms with Gasteiger partial charge >= 0.3 is 6.03 Å². The van der Waals surface area contributed by atoms with Crippen molar-refractivity contribution in [2.75, 3.05) is 25.9 Å². The molecule has 2 heterocycles. The summed E-state index contributed by atoms with van der Waals surface area (Å²) in [7, 11) is -3.21. The lowest BCUT2D eigenvalue weighted by molar-refractivity contribution is 0.0690.